The second-order valence-corrected chi connectivity index (χ2v) is 11.5. The van der Waals surface area contributed by atoms with Crippen LogP contribution in [-0.2, 0) is 0 Å². The van der Waals surface area contributed by atoms with E-state index in [9.17, 15) is 0 Å². The lowest BCUT2D eigenvalue weighted by molar-refractivity contribution is 0.673. The summed E-state index contributed by atoms with van der Waals surface area (Å²) < 4.78 is 7.99. The lowest BCUT2D eigenvalue weighted by Crippen LogP contribution is -2.10. The molecule has 2 aromatic heterocycles. The van der Waals surface area contributed by atoms with Gasteiger partial charge in [-0.15, -0.1) is 0 Å². The molecule has 0 fully saturated rings. The molecule has 0 saturated heterocycles. The Balaban J connectivity index is 1.41. The van der Waals surface area contributed by atoms with Gasteiger partial charge in [-0.2, -0.15) is 0 Å². The largest absolute Gasteiger partial charge is 0.453 e. The molecule has 0 amide bonds. The highest BCUT2D eigenvalue weighted by Crippen LogP contribution is 2.47. The van der Waals surface area contributed by atoms with Gasteiger partial charge in [0.25, 0.3) is 0 Å². The maximum atomic E-state index is 6.94. The average molecular weight is 618 g/mol. The van der Waals surface area contributed by atoms with Crippen molar-refractivity contribution in [2.24, 2.45) is 0 Å². The Morgan fingerprint density at radius 1 is 0.535 bits per heavy atom. The van der Waals surface area contributed by atoms with Gasteiger partial charge < -0.3 is 9.32 Å². The van der Waals surface area contributed by atoms with E-state index in [-0.39, 0.29) is 0 Å². The third kappa shape index (κ3) is 4.48. The lowest BCUT2D eigenvalue weighted by atomic mass is 9.97. The number of nitrogens with zero attached hydrogens (tertiary/aromatic N) is 2. The van der Waals surface area contributed by atoms with Crippen LogP contribution in [0.3, 0.4) is 0 Å². The summed E-state index contributed by atoms with van der Waals surface area (Å²) in [6.45, 7) is 0. The molecule has 6 aromatic carbocycles. The van der Waals surface area contributed by atoms with Crippen LogP contribution < -0.4 is 4.90 Å². The summed E-state index contributed by atoms with van der Waals surface area (Å²) in [6, 6.07) is 48.9. The third-order valence-corrected chi connectivity index (χ3v) is 8.55. The highest BCUT2D eigenvalue weighted by atomic mass is 79.9. The molecule has 8 aromatic rings. The van der Waals surface area contributed by atoms with Gasteiger partial charge in [0.2, 0.25) is 0 Å². The van der Waals surface area contributed by atoms with Crippen molar-refractivity contribution < 1.29 is 4.42 Å². The number of benzene rings is 6. The predicted molar refractivity (Wildman–Crippen MR) is 182 cm³/mol. The van der Waals surface area contributed by atoms with Gasteiger partial charge in [-0.05, 0) is 82.2 Å². The Kier molecular flexibility index (Phi) is 6.27. The summed E-state index contributed by atoms with van der Waals surface area (Å²) in [5.41, 5.74) is 9.33. The molecule has 0 saturated carbocycles. The van der Waals surface area contributed by atoms with Crippen molar-refractivity contribution in [3.05, 3.63) is 156 Å². The molecule has 4 heteroatoms. The van der Waals surface area contributed by atoms with E-state index < -0.39 is 0 Å². The van der Waals surface area contributed by atoms with Crippen LogP contribution in [0.5, 0.6) is 0 Å². The molecule has 8 rings (SSSR count). The first-order chi connectivity index (χ1) is 21.2. The second kappa shape index (κ2) is 10.6. The molecule has 0 aliphatic heterocycles. The number of hydrogen-bond acceptors (Lipinski definition) is 3. The van der Waals surface area contributed by atoms with Gasteiger partial charge in [-0.25, -0.2) is 0 Å². The Morgan fingerprint density at radius 3 is 2.07 bits per heavy atom. The van der Waals surface area contributed by atoms with E-state index in [0.29, 0.717) is 0 Å². The molecule has 0 unspecified atom stereocenters. The van der Waals surface area contributed by atoms with Gasteiger partial charge in [0.05, 0.1) is 5.69 Å². The van der Waals surface area contributed by atoms with E-state index >= 15 is 0 Å². The molecule has 0 aliphatic rings. The van der Waals surface area contributed by atoms with Crippen molar-refractivity contribution in [3.63, 3.8) is 0 Å². The van der Waals surface area contributed by atoms with Crippen molar-refractivity contribution in [2.45, 2.75) is 0 Å². The number of halogens is 1. The molecule has 0 spiro atoms. The zero-order valence-electron chi connectivity index (χ0n) is 23.1. The summed E-state index contributed by atoms with van der Waals surface area (Å²) in [5.74, 6) is 0. The Bertz CT molecular complexity index is 2220. The molecule has 2 heterocycles. The summed E-state index contributed by atoms with van der Waals surface area (Å²) >= 11 is 3.60. The van der Waals surface area contributed by atoms with Crippen LogP contribution in [0.25, 0.3) is 55.0 Å². The first kappa shape index (κ1) is 25.5. The van der Waals surface area contributed by atoms with Gasteiger partial charge >= 0.3 is 0 Å². The summed E-state index contributed by atoms with van der Waals surface area (Å²) in [5, 5.41) is 4.48. The zero-order valence-corrected chi connectivity index (χ0v) is 24.7. The minimum atomic E-state index is 0.854. The fourth-order valence-electron chi connectivity index (χ4n) is 5.98. The highest BCUT2D eigenvalue weighted by molar-refractivity contribution is 9.10. The number of anilines is 3. The Labute approximate surface area is 257 Å². The van der Waals surface area contributed by atoms with Crippen molar-refractivity contribution in [3.8, 4) is 22.3 Å². The highest BCUT2D eigenvalue weighted by Gasteiger charge is 2.23. The molecule has 0 aliphatic carbocycles. The fraction of sp³-hybridized carbons (Fsp3) is 0. The first-order valence-corrected chi connectivity index (χ1v) is 15.0. The molecule has 3 nitrogen and oxygen atoms in total. The second-order valence-electron chi connectivity index (χ2n) is 10.6. The van der Waals surface area contributed by atoms with Gasteiger partial charge in [0, 0.05) is 44.4 Å². The van der Waals surface area contributed by atoms with Crippen LogP contribution in [0, 0.1) is 0 Å². The number of hydrogen-bond donors (Lipinski definition) is 0. The number of para-hydroxylation sites is 1. The van der Waals surface area contributed by atoms with E-state index in [1.54, 1.807) is 6.20 Å². The number of fused-ring (bicyclic) bond motifs is 5. The minimum absolute atomic E-state index is 0.854. The topological polar surface area (TPSA) is 29.3 Å². The van der Waals surface area contributed by atoms with Crippen LogP contribution >= 0.6 is 15.9 Å². The molecule has 0 N–H and O–H groups in total. The summed E-state index contributed by atoms with van der Waals surface area (Å²) in [4.78, 5) is 6.59. The Morgan fingerprint density at radius 2 is 1.28 bits per heavy atom. The summed E-state index contributed by atoms with van der Waals surface area (Å²) in [7, 11) is 0. The minimum Gasteiger partial charge on any atom is -0.453 e. The normalized spacial score (nSPS) is 11.4. The third-order valence-electron chi connectivity index (χ3n) is 8.02. The van der Waals surface area contributed by atoms with E-state index in [1.165, 1.54) is 0 Å². The molecule has 0 radical (unpaired) electrons. The SMILES string of the molecule is Brc1ccc(-c2ccc(N(c3ccccc3)c3ccc(-c4cccnc4)cc3)c3oc4c5ccccc5ccc4c23)cc1. The van der Waals surface area contributed by atoms with E-state index in [4.69, 9.17) is 4.42 Å². The molecule has 43 heavy (non-hydrogen) atoms. The van der Waals surface area contributed by atoms with Crippen LogP contribution in [0.15, 0.2) is 161 Å². The molecular weight excluding hydrogens is 592 g/mol. The molecular formula is C39H25BrN2O. The Hall–Kier alpha value is -5.19. The van der Waals surface area contributed by atoms with E-state index in [1.807, 2.05) is 18.3 Å². The van der Waals surface area contributed by atoms with Crippen molar-refractivity contribution in [2.75, 3.05) is 4.90 Å². The van der Waals surface area contributed by atoms with Gasteiger partial charge in [-0.3, -0.25) is 4.98 Å². The van der Waals surface area contributed by atoms with Crippen LogP contribution in [0.1, 0.15) is 0 Å². The van der Waals surface area contributed by atoms with Crippen molar-refractivity contribution >= 4 is 65.7 Å². The van der Waals surface area contributed by atoms with E-state index in [0.717, 1.165) is 76.5 Å². The van der Waals surface area contributed by atoms with Gasteiger partial charge in [0.1, 0.15) is 5.58 Å². The smallest absolute Gasteiger partial charge is 0.160 e. The molecule has 0 bridgehead atoms. The quantitative estimate of drug-likeness (QED) is 0.192. The first-order valence-electron chi connectivity index (χ1n) is 14.2. The van der Waals surface area contributed by atoms with Gasteiger partial charge in [0.15, 0.2) is 5.58 Å². The van der Waals surface area contributed by atoms with Crippen LogP contribution in [-0.4, -0.2) is 4.98 Å². The lowest BCUT2D eigenvalue weighted by Gasteiger charge is -2.26. The standard InChI is InChI=1S/C39H25BrN2O/c40-30-17-12-28(13-18-30)33-22-23-36(39-37(33)35-21-16-27-7-4-5-11-34(27)38(35)43-39)42(31-9-2-1-3-10-31)32-19-14-26(15-20-32)29-8-6-24-41-25-29/h1-25H. The number of furan rings is 1. The van der Waals surface area contributed by atoms with Crippen LogP contribution in [0.4, 0.5) is 17.1 Å². The van der Waals surface area contributed by atoms with Crippen molar-refractivity contribution in [1.82, 2.24) is 4.98 Å². The fourth-order valence-corrected chi connectivity index (χ4v) is 6.25. The van der Waals surface area contributed by atoms with Crippen molar-refractivity contribution in [1.29, 1.82) is 0 Å². The average Bonchev–Trinajstić information content (AvgIpc) is 3.47. The molecule has 0 atom stereocenters. The molecule has 204 valence electrons. The summed E-state index contributed by atoms with van der Waals surface area (Å²) in [6.07, 6.45) is 3.70. The van der Waals surface area contributed by atoms with E-state index in [2.05, 4.69) is 153 Å². The van der Waals surface area contributed by atoms with Gasteiger partial charge in [-0.1, -0.05) is 101 Å². The number of rotatable bonds is 5. The number of pyridine rings is 1. The maximum absolute atomic E-state index is 6.94. The monoisotopic (exact) mass is 616 g/mol. The maximum Gasteiger partial charge on any atom is 0.160 e. The zero-order chi connectivity index (χ0) is 28.8. The van der Waals surface area contributed by atoms with Crippen LogP contribution in [0.2, 0.25) is 0 Å². The number of aromatic nitrogens is 1. The predicted octanol–water partition coefficient (Wildman–Crippen LogP) is 11.7.